The monoisotopic (exact) mass is 501 g/mol. The average Bonchev–Trinajstić information content (AvgIpc) is 3.49. The first-order valence-corrected chi connectivity index (χ1v) is 10.9. The highest BCUT2D eigenvalue weighted by atomic mass is 35.5. The highest BCUT2D eigenvalue weighted by Gasteiger charge is 2.40. The molecule has 1 aliphatic heterocycles. The second-order valence-electron chi connectivity index (χ2n) is 7.79. The van der Waals surface area contributed by atoms with Gasteiger partial charge in [0.15, 0.2) is 5.69 Å². The van der Waals surface area contributed by atoms with Crippen molar-refractivity contribution in [3.05, 3.63) is 71.3 Å². The third kappa shape index (κ3) is 5.26. The quantitative estimate of drug-likeness (QED) is 0.473. The number of carboxylic acids is 1. The van der Waals surface area contributed by atoms with Crippen molar-refractivity contribution in [1.29, 1.82) is 0 Å². The first-order valence-electron chi connectivity index (χ1n) is 10.5. The number of aromatic nitrogens is 2. The summed E-state index contributed by atoms with van der Waals surface area (Å²) in [5, 5.41) is 18.9. The number of rotatable bonds is 6. The molecule has 1 aromatic heterocycles. The highest BCUT2D eigenvalue weighted by Crippen LogP contribution is 2.25. The maximum absolute atomic E-state index is 14.8. The molecule has 0 spiro atoms. The Morgan fingerprint density at radius 3 is 2.54 bits per heavy atom. The molecule has 2 atom stereocenters. The number of likely N-dealkylation sites (tertiary alicyclic amines) is 1. The van der Waals surface area contributed by atoms with Crippen molar-refractivity contribution in [3.63, 3.8) is 0 Å². The Kier molecular flexibility index (Phi) is 6.99. The predicted octanol–water partition coefficient (Wildman–Crippen LogP) is 3.62. The molecule has 1 aliphatic rings. The summed E-state index contributed by atoms with van der Waals surface area (Å²) in [4.78, 5) is 38.5. The number of halogens is 2. The number of hydrogen-bond donors (Lipinski definition) is 3. The van der Waals surface area contributed by atoms with Gasteiger partial charge in [-0.1, -0.05) is 11.6 Å². The van der Waals surface area contributed by atoms with Gasteiger partial charge >= 0.3 is 12.0 Å². The fourth-order valence-corrected chi connectivity index (χ4v) is 3.92. The Bertz CT molecular complexity index is 1270. The van der Waals surface area contributed by atoms with Gasteiger partial charge in [0.05, 0.1) is 23.7 Å². The molecule has 12 heteroatoms. The van der Waals surface area contributed by atoms with E-state index in [1.54, 1.807) is 24.3 Å². The molecule has 0 bridgehead atoms. The van der Waals surface area contributed by atoms with E-state index in [0.717, 1.165) is 10.7 Å². The van der Waals surface area contributed by atoms with Gasteiger partial charge in [-0.3, -0.25) is 4.79 Å². The summed E-state index contributed by atoms with van der Waals surface area (Å²) >= 11 is 5.87. The molecule has 182 valence electrons. The Labute approximate surface area is 204 Å². The van der Waals surface area contributed by atoms with Crippen LogP contribution >= 0.6 is 11.6 Å². The van der Waals surface area contributed by atoms with Gasteiger partial charge < -0.3 is 25.4 Å². The van der Waals surface area contributed by atoms with Crippen LogP contribution < -0.4 is 10.6 Å². The number of carbonyl (C=O) groups is 3. The topological polar surface area (TPSA) is 126 Å². The maximum atomic E-state index is 14.8. The average molecular weight is 502 g/mol. The van der Waals surface area contributed by atoms with Crippen molar-refractivity contribution >= 4 is 40.9 Å². The fraction of sp³-hybridized carbons (Fsp3) is 0.217. The van der Waals surface area contributed by atoms with E-state index >= 15 is 0 Å². The van der Waals surface area contributed by atoms with Crippen LogP contribution in [0.3, 0.4) is 0 Å². The van der Waals surface area contributed by atoms with E-state index < -0.39 is 29.8 Å². The molecule has 10 nitrogen and oxygen atoms in total. The number of anilines is 2. The smallest absolute Gasteiger partial charge is 0.354 e. The molecule has 1 fully saturated rings. The number of nitrogens with zero attached hydrogens (tertiary/aromatic N) is 3. The van der Waals surface area contributed by atoms with Crippen LogP contribution in [0.25, 0.3) is 5.69 Å². The Balaban J connectivity index is 1.50. The summed E-state index contributed by atoms with van der Waals surface area (Å²) in [5.41, 5.74) is 0.411. The molecule has 0 aliphatic carbocycles. The number of hydrogen-bond acceptors (Lipinski definition) is 5. The van der Waals surface area contributed by atoms with Gasteiger partial charge in [0.2, 0.25) is 5.91 Å². The minimum atomic E-state index is -1.22. The molecule has 0 unspecified atom stereocenters. The summed E-state index contributed by atoms with van der Waals surface area (Å²) in [6, 6.07) is 10.2. The van der Waals surface area contributed by atoms with Gasteiger partial charge in [0.1, 0.15) is 11.9 Å². The zero-order valence-electron chi connectivity index (χ0n) is 18.4. The molecule has 0 radical (unpaired) electrons. The van der Waals surface area contributed by atoms with Crippen molar-refractivity contribution < 1.29 is 28.6 Å². The molecule has 3 aromatic rings. The second kappa shape index (κ2) is 10.1. The van der Waals surface area contributed by atoms with Crippen LogP contribution in [0, 0.1) is 5.82 Å². The van der Waals surface area contributed by atoms with Crippen LogP contribution in [0.15, 0.2) is 54.7 Å². The minimum absolute atomic E-state index is 0.123. The van der Waals surface area contributed by atoms with Gasteiger partial charge in [-0.2, -0.15) is 5.10 Å². The van der Waals surface area contributed by atoms with Crippen LogP contribution in [0.2, 0.25) is 5.02 Å². The molecular formula is C23H21ClFN5O5. The largest absolute Gasteiger partial charge is 0.477 e. The molecular weight excluding hydrogens is 481 g/mol. The lowest BCUT2D eigenvalue weighted by atomic mass is 10.1. The standard InChI is InChI=1S/C23H21ClFN5O5/c1-35-16-11-20(29(12-16)23(34)27-14-4-2-13(24)3-5-14)21(31)28-18-7-6-15(10-17(18)25)30-19(22(32)33)8-9-26-30/h2-10,16,20H,11-12H2,1H3,(H,27,34)(H,28,31)(H,32,33)/t16-,20-/m1/s1. The molecule has 2 heterocycles. The van der Waals surface area contributed by atoms with Crippen molar-refractivity contribution in [2.24, 2.45) is 0 Å². The van der Waals surface area contributed by atoms with Crippen molar-refractivity contribution in [3.8, 4) is 5.69 Å². The lowest BCUT2D eigenvalue weighted by Crippen LogP contribution is -2.45. The Morgan fingerprint density at radius 1 is 1.14 bits per heavy atom. The predicted molar refractivity (Wildman–Crippen MR) is 125 cm³/mol. The number of nitrogens with one attached hydrogen (secondary N) is 2. The van der Waals surface area contributed by atoms with Gasteiger partial charge in [-0.05, 0) is 42.5 Å². The number of aromatic carboxylic acids is 1. The van der Waals surface area contributed by atoms with Crippen LogP contribution in [0.5, 0.6) is 0 Å². The number of methoxy groups -OCH3 is 1. The van der Waals surface area contributed by atoms with E-state index in [4.69, 9.17) is 16.3 Å². The third-order valence-corrected chi connectivity index (χ3v) is 5.82. The summed E-state index contributed by atoms with van der Waals surface area (Å²) in [7, 11) is 1.49. The van der Waals surface area contributed by atoms with Crippen LogP contribution in [0.1, 0.15) is 16.9 Å². The van der Waals surface area contributed by atoms with E-state index in [-0.39, 0.29) is 36.1 Å². The molecule has 1 saturated heterocycles. The lowest BCUT2D eigenvalue weighted by molar-refractivity contribution is -0.119. The Morgan fingerprint density at radius 2 is 1.89 bits per heavy atom. The van der Waals surface area contributed by atoms with Crippen molar-refractivity contribution in [1.82, 2.24) is 14.7 Å². The van der Waals surface area contributed by atoms with Crippen molar-refractivity contribution in [2.75, 3.05) is 24.3 Å². The first-order chi connectivity index (χ1) is 16.8. The number of benzene rings is 2. The molecule has 2 aromatic carbocycles. The number of ether oxygens (including phenoxy) is 1. The molecule has 3 amide bonds. The minimum Gasteiger partial charge on any atom is -0.477 e. The van der Waals surface area contributed by atoms with Gasteiger partial charge in [-0.25, -0.2) is 18.7 Å². The van der Waals surface area contributed by atoms with Crippen LogP contribution in [-0.2, 0) is 9.53 Å². The zero-order valence-corrected chi connectivity index (χ0v) is 19.2. The van der Waals surface area contributed by atoms with E-state index in [1.807, 2.05) is 0 Å². The summed E-state index contributed by atoms with van der Waals surface area (Å²) in [5.74, 6) is -2.60. The number of carbonyl (C=O) groups excluding carboxylic acids is 2. The molecule has 3 N–H and O–H groups in total. The fourth-order valence-electron chi connectivity index (χ4n) is 3.79. The van der Waals surface area contributed by atoms with E-state index in [1.165, 1.54) is 36.4 Å². The zero-order chi connectivity index (χ0) is 25.1. The Hall–Kier alpha value is -3.96. The normalized spacial score (nSPS) is 17.3. The SMILES string of the molecule is CO[C@@H]1C[C@H](C(=O)Nc2ccc(-n3nccc3C(=O)O)cc2F)N(C(=O)Nc2ccc(Cl)cc2)C1. The van der Waals surface area contributed by atoms with Gasteiger partial charge in [0, 0.05) is 36.9 Å². The summed E-state index contributed by atoms with van der Waals surface area (Å²) in [6.07, 6.45) is 1.14. The highest BCUT2D eigenvalue weighted by molar-refractivity contribution is 6.30. The maximum Gasteiger partial charge on any atom is 0.354 e. The van der Waals surface area contributed by atoms with Crippen LogP contribution in [-0.4, -0.2) is 63.5 Å². The van der Waals surface area contributed by atoms with E-state index in [9.17, 15) is 23.9 Å². The molecule has 0 saturated carbocycles. The lowest BCUT2D eigenvalue weighted by Gasteiger charge is -2.24. The number of urea groups is 1. The summed E-state index contributed by atoms with van der Waals surface area (Å²) in [6.45, 7) is 0.173. The summed E-state index contributed by atoms with van der Waals surface area (Å²) < 4.78 is 21.2. The van der Waals surface area contributed by atoms with Crippen LogP contribution in [0.4, 0.5) is 20.6 Å². The molecule has 4 rings (SSSR count). The van der Waals surface area contributed by atoms with Gasteiger partial charge in [0.25, 0.3) is 0 Å². The van der Waals surface area contributed by atoms with E-state index in [2.05, 4.69) is 15.7 Å². The third-order valence-electron chi connectivity index (χ3n) is 5.57. The number of amides is 3. The number of carboxylic acid groups (broad SMARTS) is 1. The van der Waals surface area contributed by atoms with Gasteiger partial charge in [-0.15, -0.1) is 0 Å². The molecule has 35 heavy (non-hydrogen) atoms. The van der Waals surface area contributed by atoms with E-state index in [0.29, 0.717) is 10.7 Å². The second-order valence-corrected chi connectivity index (χ2v) is 8.22. The van der Waals surface area contributed by atoms with Crippen molar-refractivity contribution in [2.45, 2.75) is 18.6 Å². The first kappa shape index (κ1) is 24.2.